The van der Waals surface area contributed by atoms with Crippen molar-refractivity contribution in [3.05, 3.63) is 97.1 Å². The molecule has 0 saturated heterocycles. The number of aromatic hydroxyl groups is 4. The van der Waals surface area contributed by atoms with Gasteiger partial charge < -0.3 is 20.4 Å². The fraction of sp³-hybridized carbons (Fsp3) is 0. The molecule has 0 bridgehead atoms. The van der Waals surface area contributed by atoms with E-state index in [1.807, 2.05) is 36.4 Å². The average Bonchev–Trinajstić information content (AvgIpc) is 3.35. The highest BCUT2D eigenvalue weighted by Crippen LogP contribution is 2.41. The second-order valence-corrected chi connectivity index (χ2v) is 7.68. The lowest BCUT2D eigenvalue weighted by Gasteiger charge is -2.11. The molecule has 0 amide bonds. The van der Waals surface area contributed by atoms with Gasteiger partial charge in [0.15, 0.2) is 11.4 Å². The minimum atomic E-state index is -0.331. The van der Waals surface area contributed by atoms with Crippen molar-refractivity contribution in [2.24, 2.45) is 20.5 Å². The van der Waals surface area contributed by atoms with Crippen molar-refractivity contribution in [3.8, 4) is 34.9 Å². The van der Waals surface area contributed by atoms with Crippen molar-refractivity contribution in [1.82, 2.24) is 9.13 Å². The van der Waals surface area contributed by atoms with E-state index >= 15 is 0 Å². The van der Waals surface area contributed by atoms with Gasteiger partial charge in [-0.3, -0.25) is 0 Å². The maximum atomic E-state index is 10.7. The molecule has 0 aliphatic rings. The molecule has 0 fully saturated rings. The fourth-order valence-electron chi connectivity index (χ4n) is 3.59. The summed E-state index contributed by atoms with van der Waals surface area (Å²) >= 11 is 0. The number of aromatic nitrogens is 2. The number of hydrogen-bond acceptors (Lipinski definition) is 8. The summed E-state index contributed by atoms with van der Waals surface area (Å²) in [7, 11) is 0. The summed E-state index contributed by atoms with van der Waals surface area (Å²) in [6.07, 6.45) is 0. The van der Waals surface area contributed by atoms with Crippen LogP contribution in [0, 0.1) is 0 Å². The maximum Gasteiger partial charge on any atom is 0.227 e. The minimum Gasteiger partial charge on any atom is -0.494 e. The second-order valence-electron chi connectivity index (χ2n) is 7.68. The zero-order chi connectivity index (χ0) is 25.1. The summed E-state index contributed by atoms with van der Waals surface area (Å²) in [5, 5.41) is 58.6. The molecular weight excluding hydrogens is 460 g/mol. The second kappa shape index (κ2) is 9.47. The van der Waals surface area contributed by atoms with Crippen LogP contribution in [-0.2, 0) is 0 Å². The first-order valence-corrected chi connectivity index (χ1v) is 10.8. The van der Waals surface area contributed by atoms with Gasteiger partial charge in [0, 0.05) is 12.1 Å². The van der Waals surface area contributed by atoms with Crippen LogP contribution in [0.1, 0.15) is 0 Å². The van der Waals surface area contributed by atoms with Crippen molar-refractivity contribution in [1.29, 1.82) is 0 Å². The molecule has 178 valence electrons. The molecule has 10 heteroatoms. The Hall–Kier alpha value is -5.38. The summed E-state index contributed by atoms with van der Waals surface area (Å²) in [4.78, 5) is 0. The first-order chi connectivity index (χ1) is 17.5. The molecule has 2 heterocycles. The monoisotopic (exact) mass is 480 g/mol. The third-order valence-electron chi connectivity index (χ3n) is 5.28. The van der Waals surface area contributed by atoms with Crippen LogP contribution in [0.3, 0.4) is 0 Å². The molecule has 36 heavy (non-hydrogen) atoms. The number of hydrogen-bond donors (Lipinski definition) is 4. The van der Waals surface area contributed by atoms with E-state index in [9.17, 15) is 20.4 Å². The molecule has 3 aromatic carbocycles. The Morgan fingerprint density at radius 3 is 1.28 bits per heavy atom. The smallest absolute Gasteiger partial charge is 0.227 e. The Bertz CT molecular complexity index is 1460. The van der Waals surface area contributed by atoms with Crippen LogP contribution in [-0.4, -0.2) is 29.6 Å². The Morgan fingerprint density at radius 1 is 0.444 bits per heavy atom. The Kier molecular flexibility index (Phi) is 5.90. The highest BCUT2D eigenvalue weighted by molar-refractivity contribution is 5.62. The summed E-state index contributed by atoms with van der Waals surface area (Å²) < 4.78 is 2.33. The SMILES string of the molecule is Oc1cc(N=Nc2ccccc2)c(O)n1-c1cccc(-n2c(O)cc(N=Nc3ccccc3)c2O)c1. The molecule has 0 aliphatic carbocycles. The molecule has 0 saturated carbocycles. The van der Waals surface area contributed by atoms with Crippen LogP contribution in [0.5, 0.6) is 23.5 Å². The van der Waals surface area contributed by atoms with E-state index in [0.29, 0.717) is 22.7 Å². The van der Waals surface area contributed by atoms with Gasteiger partial charge in [-0.25, -0.2) is 9.13 Å². The van der Waals surface area contributed by atoms with Gasteiger partial charge in [-0.2, -0.15) is 10.2 Å². The van der Waals surface area contributed by atoms with Crippen LogP contribution in [0.15, 0.2) is 118 Å². The van der Waals surface area contributed by atoms with E-state index in [0.717, 1.165) is 9.13 Å². The number of benzene rings is 3. The highest BCUT2D eigenvalue weighted by Gasteiger charge is 2.19. The van der Waals surface area contributed by atoms with Crippen molar-refractivity contribution in [2.45, 2.75) is 0 Å². The summed E-state index contributed by atoms with van der Waals surface area (Å²) in [6.45, 7) is 0. The van der Waals surface area contributed by atoms with Crippen LogP contribution in [0.25, 0.3) is 11.4 Å². The van der Waals surface area contributed by atoms with Gasteiger partial charge in [0.2, 0.25) is 23.5 Å². The third kappa shape index (κ3) is 4.38. The standard InChI is InChI=1S/C26H20N6O4/c33-23-15-21(29-27-17-8-3-1-4-9-17)25(35)31(23)19-12-7-13-20(14-19)32-24(34)16-22(26(32)36)30-28-18-10-5-2-6-11-18/h1-16,33-36H. The molecule has 4 N–H and O–H groups in total. The minimum absolute atomic E-state index is 0.0667. The van der Waals surface area contributed by atoms with E-state index in [2.05, 4.69) is 20.5 Å². The van der Waals surface area contributed by atoms with E-state index in [4.69, 9.17) is 0 Å². The predicted molar refractivity (Wildman–Crippen MR) is 133 cm³/mol. The third-order valence-corrected chi connectivity index (χ3v) is 5.28. The van der Waals surface area contributed by atoms with Crippen LogP contribution in [0.2, 0.25) is 0 Å². The first kappa shape index (κ1) is 22.4. The average molecular weight is 480 g/mol. The topological polar surface area (TPSA) is 140 Å². The van der Waals surface area contributed by atoms with E-state index < -0.39 is 0 Å². The molecule has 0 aliphatic heterocycles. The fourth-order valence-corrected chi connectivity index (χ4v) is 3.59. The number of nitrogens with zero attached hydrogens (tertiary/aromatic N) is 6. The molecule has 5 rings (SSSR count). The van der Waals surface area contributed by atoms with Crippen LogP contribution < -0.4 is 0 Å². The number of azo groups is 2. The zero-order valence-corrected chi connectivity index (χ0v) is 18.7. The molecule has 5 aromatic rings. The Morgan fingerprint density at radius 2 is 0.861 bits per heavy atom. The summed E-state index contributed by atoms with van der Waals surface area (Å²) in [6, 6.07) is 27.0. The quantitative estimate of drug-likeness (QED) is 0.196. The predicted octanol–water partition coefficient (Wildman–Crippen LogP) is 6.92. The van der Waals surface area contributed by atoms with Crippen LogP contribution in [0.4, 0.5) is 22.7 Å². The van der Waals surface area contributed by atoms with Crippen molar-refractivity contribution in [3.63, 3.8) is 0 Å². The lowest BCUT2D eigenvalue weighted by atomic mass is 10.2. The van der Waals surface area contributed by atoms with Crippen LogP contribution >= 0.6 is 0 Å². The van der Waals surface area contributed by atoms with Gasteiger partial charge in [0.25, 0.3) is 0 Å². The lowest BCUT2D eigenvalue weighted by molar-refractivity contribution is 0.402. The van der Waals surface area contributed by atoms with Gasteiger partial charge in [-0.15, -0.1) is 10.2 Å². The van der Waals surface area contributed by atoms with Gasteiger partial charge in [-0.1, -0.05) is 42.5 Å². The molecule has 10 nitrogen and oxygen atoms in total. The Balaban J connectivity index is 1.48. The van der Waals surface area contributed by atoms with Gasteiger partial charge in [-0.05, 0) is 42.5 Å². The molecule has 0 radical (unpaired) electrons. The summed E-state index contributed by atoms with van der Waals surface area (Å²) in [5.74, 6) is -1.21. The largest absolute Gasteiger partial charge is 0.494 e. The normalized spacial score (nSPS) is 11.6. The summed E-state index contributed by atoms with van der Waals surface area (Å²) in [5.41, 5.74) is 2.01. The molecule has 0 atom stereocenters. The number of rotatable bonds is 6. The molecule has 0 spiro atoms. The molecular formula is C26H20N6O4. The van der Waals surface area contributed by atoms with Gasteiger partial charge in [0.1, 0.15) is 0 Å². The van der Waals surface area contributed by atoms with E-state index in [-0.39, 0.29) is 34.9 Å². The van der Waals surface area contributed by atoms with Crippen molar-refractivity contribution in [2.75, 3.05) is 0 Å². The van der Waals surface area contributed by atoms with Crippen molar-refractivity contribution < 1.29 is 20.4 Å². The molecule has 2 aromatic heterocycles. The van der Waals surface area contributed by atoms with Gasteiger partial charge >= 0.3 is 0 Å². The van der Waals surface area contributed by atoms with Gasteiger partial charge in [0.05, 0.1) is 22.7 Å². The van der Waals surface area contributed by atoms with E-state index in [1.165, 1.54) is 12.1 Å². The molecule has 0 unspecified atom stereocenters. The van der Waals surface area contributed by atoms with E-state index in [1.54, 1.807) is 48.5 Å². The zero-order valence-electron chi connectivity index (χ0n) is 18.7. The maximum absolute atomic E-state index is 10.7. The lowest BCUT2D eigenvalue weighted by Crippen LogP contribution is -1.97. The highest BCUT2D eigenvalue weighted by atomic mass is 16.3. The Labute approximate surface area is 205 Å². The van der Waals surface area contributed by atoms with Crippen molar-refractivity contribution >= 4 is 22.7 Å². The first-order valence-electron chi connectivity index (χ1n) is 10.8.